The maximum Gasteiger partial charge on any atom is 0.257 e. The van der Waals surface area contributed by atoms with Crippen molar-refractivity contribution >= 4 is 40.5 Å². The fraction of sp³-hybridized carbons (Fsp3) is 0.100. The van der Waals surface area contributed by atoms with E-state index >= 15 is 0 Å². The monoisotopic (exact) mass is 385 g/mol. The highest BCUT2D eigenvalue weighted by atomic mass is 35.5. The standard InChI is InChI=1S/C20H17Cl2N3O/c1-13(14-6-3-2-4-7-14)24-16-10-15(11-23-12-16)20(26)25-19-17(21)8-5-9-18(19)22/h2-13,24H,1H3,(H,25,26). The summed E-state index contributed by atoms with van der Waals surface area (Å²) in [4.78, 5) is 16.7. The van der Waals surface area contributed by atoms with Crippen LogP contribution >= 0.6 is 23.2 Å². The van der Waals surface area contributed by atoms with Crippen molar-refractivity contribution in [1.82, 2.24) is 4.98 Å². The van der Waals surface area contributed by atoms with Gasteiger partial charge < -0.3 is 10.6 Å². The SMILES string of the molecule is CC(Nc1cncc(C(=O)Nc2c(Cl)cccc2Cl)c1)c1ccccc1. The number of aromatic nitrogens is 1. The fourth-order valence-electron chi connectivity index (χ4n) is 2.52. The van der Waals surface area contributed by atoms with E-state index in [0.29, 0.717) is 21.3 Å². The van der Waals surface area contributed by atoms with Gasteiger partial charge in [-0.1, -0.05) is 59.6 Å². The topological polar surface area (TPSA) is 54.0 Å². The third-order valence-electron chi connectivity index (χ3n) is 3.88. The van der Waals surface area contributed by atoms with Gasteiger partial charge in [0.05, 0.1) is 27.0 Å². The minimum atomic E-state index is -0.330. The molecule has 132 valence electrons. The lowest BCUT2D eigenvalue weighted by Crippen LogP contribution is -2.14. The third-order valence-corrected chi connectivity index (χ3v) is 4.51. The van der Waals surface area contributed by atoms with Crippen LogP contribution in [0.3, 0.4) is 0 Å². The van der Waals surface area contributed by atoms with Crippen molar-refractivity contribution in [3.05, 3.63) is 88.2 Å². The molecule has 0 aliphatic rings. The molecule has 0 radical (unpaired) electrons. The van der Waals surface area contributed by atoms with E-state index in [9.17, 15) is 4.79 Å². The lowest BCUT2D eigenvalue weighted by Gasteiger charge is -2.16. The number of nitrogens with zero attached hydrogens (tertiary/aromatic N) is 1. The summed E-state index contributed by atoms with van der Waals surface area (Å²) in [5, 5.41) is 6.84. The Morgan fingerprint density at radius 1 is 1.00 bits per heavy atom. The molecule has 6 heteroatoms. The second-order valence-corrected chi connectivity index (χ2v) is 6.60. The number of halogens is 2. The largest absolute Gasteiger partial charge is 0.377 e. The zero-order chi connectivity index (χ0) is 18.5. The molecule has 1 unspecified atom stereocenters. The highest BCUT2D eigenvalue weighted by molar-refractivity contribution is 6.40. The van der Waals surface area contributed by atoms with Gasteiger partial charge >= 0.3 is 0 Å². The van der Waals surface area contributed by atoms with E-state index in [-0.39, 0.29) is 11.9 Å². The Balaban J connectivity index is 1.75. The quantitative estimate of drug-likeness (QED) is 0.582. The average molecular weight is 386 g/mol. The van der Waals surface area contributed by atoms with Crippen LogP contribution < -0.4 is 10.6 Å². The smallest absolute Gasteiger partial charge is 0.257 e. The Morgan fingerprint density at radius 3 is 2.38 bits per heavy atom. The number of benzene rings is 2. The first-order valence-electron chi connectivity index (χ1n) is 8.06. The van der Waals surface area contributed by atoms with Gasteiger partial charge in [-0.2, -0.15) is 0 Å². The molecular formula is C20H17Cl2N3O. The number of rotatable bonds is 5. The number of hydrogen-bond donors (Lipinski definition) is 2. The van der Waals surface area contributed by atoms with Gasteiger partial charge in [-0.25, -0.2) is 0 Å². The molecule has 0 saturated carbocycles. The summed E-state index contributed by atoms with van der Waals surface area (Å²) in [6.45, 7) is 2.05. The number of para-hydroxylation sites is 1. The van der Waals surface area contributed by atoms with E-state index in [1.807, 2.05) is 37.3 Å². The summed E-state index contributed by atoms with van der Waals surface area (Å²) in [5.74, 6) is -0.330. The van der Waals surface area contributed by atoms with Crippen molar-refractivity contribution in [3.8, 4) is 0 Å². The van der Waals surface area contributed by atoms with E-state index in [4.69, 9.17) is 23.2 Å². The van der Waals surface area contributed by atoms with Gasteiger partial charge in [0.25, 0.3) is 5.91 Å². The van der Waals surface area contributed by atoms with E-state index in [1.165, 1.54) is 6.20 Å². The number of nitrogens with one attached hydrogen (secondary N) is 2. The summed E-state index contributed by atoms with van der Waals surface area (Å²) < 4.78 is 0. The summed E-state index contributed by atoms with van der Waals surface area (Å²) in [5.41, 5.74) is 2.69. The Bertz CT molecular complexity index is 896. The van der Waals surface area contributed by atoms with Crippen LogP contribution in [-0.4, -0.2) is 10.9 Å². The molecule has 1 heterocycles. The molecule has 2 aromatic carbocycles. The number of anilines is 2. The van der Waals surface area contributed by atoms with E-state index in [0.717, 1.165) is 11.3 Å². The zero-order valence-corrected chi connectivity index (χ0v) is 15.6. The maximum absolute atomic E-state index is 12.5. The highest BCUT2D eigenvalue weighted by Crippen LogP contribution is 2.30. The van der Waals surface area contributed by atoms with Crippen LogP contribution in [0.1, 0.15) is 28.9 Å². The van der Waals surface area contributed by atoms with Gasteiger partial charge in [0.1, 0.15) is 0 Å². The molecule has 1 atom stereocenters. The molecule has 0 aliphatic heterocycles. The molecule has 1 aromatic heterocycles. The first-order chi connectivity index (χ1) is 12.5. The van der Waals surface area contributed by atoms with Crippen LogP contribution in [0.4, 0.5) is 11.4 Å². The third kappa shape index (κ3) is 4.34. The number of hydrogen-bond acceptors (Lipinski definition) is 3. The lowest BCUT2D eigenvalue weighted by molar-refractivity contribution is 0.102. The van der Waals surface area contributed by atoms with Crippen LogP contribution in [0.25, 0.3) is 0 Å². The van der Waals surface area contributed by atoms with Crippen molar-refractivity contribution in [1.29, 1.82) is 0 Å². The summed E-state index contributed by atoms with van der Waals surface area (Å²) >= 11 is 12.2. The molecule has 0 aliphatic carbocycles. The summed E-state index contributed by atoms with van der Waals surface area (Å²) in [7, 11) is 0. The van der Waals surface area contributed by atoms with Crippen molar-refractivity contribution < 1.29 is 4.79 Å². The molecule has 3 rings (SSSR count). The fourth-order valence-corrected chi connectivity index (χ4v) is 3.01. The highest BCUT2D eigenvalue weighted by Gasteiger charge is 2.13. The number of pyridine rings is 1. The predicted molar refractivity (Wildman–Crippen MR) is 107 cm³/mol. The van der Waals surface area contributed by atoms with Crippen LogP contribution in [-0.2, 0) is 0 Å². The van der Waals surface area contributed by atoms with E-state index in [2.05, 4.69) is 15.6 Å². The van der Waals surface area contributed by atoms with Gasteiger partial charge in [-0.05, 0) is 30.7 Å². The normalized spacial score (nSPS) is 11.7. The summed E-state index contributed by atoms with van der Waals surface area (Å²) in [6, 6.07) is 16.9. The predicted octanol–water partition coefficient (Wildman–Crippen LogP) is 5.81. The van der Waals surface area contributed by atoms with Gasteiger partial charge in [-0.15, -0.1) is 0 Å². The molecule has 0 saturated heterocycles. The molecule has 0 fully saturated rings. The van der Waals surface area contributed by atoms with Crippen LogP contribution in [0.5, 0.6) is 0 Å². The lowest BCUT2D eigenvalue weighted by atomic mass is 10.1. The first-order valence-corrected chi connectivity index (χ1v) is 8.82. The number of amides is 1. The van der Waals surface area contributed by atoms with Crippen molar-refractivity contribution in [3.63, 3.8) is 0 Å². The van der Waals surface area contributed by atoms with E-state index < -0.39 is 0 Å². The second kappa shape index (κ2) is 8.21. The molecule has 0 spiro atoms. The summed E-state index contributed by atoms with van der Waals surface area (Å²) in [6.07, 6.45) is 3.18. The van der Waals surface area contributed by atoms with Crippen LogP contribution in [0.2, 0.25) is 10.0 Å². The molecule has 2 N–H and O–H groups in total. The minimum Gasteiger partial charge on any atom is -0.377 e. The van der Waals surface area contributed by atoms with E-state index in [1.54, 1.807) is 30.5 Å². The van der Waals surface area contributed by atoms with Crippen molar-refractivity contribution in [2.45, 2.75) is 13.0 Å². The Hall–Kier alpha value is -2.56. The molecule has 0 bridgehead atoms. The maximum atomic E-state index is 12.5. The molecule has 26 heavy (non-hydrogen) atoms. The minimum absolute atomic E-state index is 0.0781. The molecule has 1 amide bonds. The van der Waals surface area contributed by atoms with Gasteiger partial charge in [0, 0.05) is 18.4 Å². The van der Waals surface area contributed by atoms with Gasteiger partial charge in [-0.3, -0.25) is 9.78 Å². The van der Waals surface area contributed by atoms with Crippen LogP contribution in [0, 0.1) is 0 Å². The first kappa shape index (κ1) is 18.2. The number of carbonyl (C=O) groups is 1. The molecule has 3 aromatic rings. The van der Waals surface area contributed by atoms with Gasteiger partial charge in [0.15, 0.2) is 0 Å². The Kier molecular flexibility index (Phi) is 5.76. The van der Waals surface area contributed by atoms with Crippen molar-refractivity contribution in [2.75, 3.05) is 10.6 Å². The Labute approximate surface area is 162 Å². The average Bonchev–Trinajstić information content (AvgIpc) is 2.65. The van der Waals surface area contributed by atoms with Gasteiger partial charge in [0.2, 0.25) is 0 Å². The molecule has 4 nitrogen and oxygen atoms in total. The Morgan fingerprint density at radius 2 is 1.69 bits per heavy atom. The second-order valence-electron chi connectivity index (χ2n) is 5.79. The zero-order valence-electron chi connectivity index (χ0n) is 14.0. The van der Waals surface area contributed by atoms with Crippen molar-refractivity contribution in [2.24, 2.45) is 0 Å². The number of carbonyl (C=O) groups excluding carboxylic acids is 1. The molecular weight excluding hydrogens is 369 g/mol. The van der Waals surface area contributed by atoms with Crippen LogP contribution in [0.15, 0.2) is 67.0 Å².